The van der Waals surface area contributed by atoms with Gasteiger partial charge in [-0.3, -0.25) is 19.7 Å². The van der Waals surface area contributed by atoms with Crippen molar-refractivity contribution in [1.82, 2.24) is 9.62 Å². The Kier molecular flexibility index (Phi) is 4.26. The zero-order valence-electron chi connectivity index (χ0n) is 16.0. The molecule has 3 aliphatic rings. The lowest BCUT2D eigenvalue weighted by atomic mass is 9.89. The van der Waals surface area contributed by atoms with Crippen LogP contribution >= 0.6 is 0 Å². The zero-order chi connectivity index (χ0) is 21.0. The van der Waals surface area contributed by atoms with Crippen molar-refractivity contribution in [3.05, 3.63) is 58.7 Å². The molecule has 1 atom stereocenters. The topological polar surface area (TPSA) is 113 Å². The average molecular weight is 425 g/mol. The number of sulfonamides is 1. The summed E-state index contributed by atoms with van der Waals surface area (Å²) >= 11 is 0. The van der Waals surface area contributed by atoms with Crippen LogP contribution in [0.2, 0.25) is 0 Å². The van der Waals surface area contributed by atoms with Gasteiger partial charge < -0.3 is 5.32 Å². The summed E-state index contributed by atoms with van der Waals surface area (Å²) in [6, 6.07) is 10.3. The van der Waals surface area contributed by atoms with E-state index >= 15 is 0 Å². The number of carbonyl (C=O) groups excluding carboxylic acids is 3. The lowest BCUT2D eigenvalue weighted by molar-refractivity contribution is -0.134. The van der Waals surface area contributed by atoms with Gasteiger partial charge in [-0.15, -0.1) is 0 Å². The molecule has 0 saturated carbocycles. The summed E-state index contributed by atoms with van der Waals surface area (Å²) in [5.41, 5.74) is 3.88. The fraction of sp³-hybridized carbons (Fsp3) is 0.286. The normalized spacial score (nSPS) is 21.2. The summed E-state index contributed by atoms with van der Waals surface area (Å²) in [4.78, 5) is 35.3. The zero-order valence-corrected chi connectivity index (χ0v) is 16.8. The monoisotopic (exact) mass is 425 g/mol. The van der Waals surface area contributed by atoms with Crippen LogP contribution in [0.4, 0.5) is 5.69 Å². The maximum atomic E-state index is 13.2. The summed E-state index contributed by atoms with van der Waals surface area (Å²) in [5, 5.41) is 5.06. The van der Waals surface area contributed by atoms with Gasteiger partial charge in [-0.1, -0.05) is 18.2 Å². The van der Waals surface area contributed by atoms with Crippen LogP contribution in [0.25, 0.3) is 0 Å². The van der Waals surface area contributed by atoms with E-state index in [4.69, 9.17) is 0 Å². The number of hydrogen-bond acceptors (Lipinski definition) is 5. The van der Waals surface area contributed by atoms with Gasteiger partial charge in [-0.2, -0.15) is 4.31 Å². The molecule has 8 nitrogen and oxygen atoms in total. The number of hydrogen-bond donors (Lipinski definition) is 2. The van der Waals surface area contributed by atoms with Crippen molar-refractivity contribution in [3.63, 3.8) is 0 Å². The Hall–Kier alpha value is -3.04. The molecule has 0 bridgehead atoms. The minimum absolute atomic E-state index is 0.144. The molecule has 2 aromatic rings. The molecule has 0 aliphatic carbocycles. The average Bonchev–Trinajstić information content (AvgIpc) is 3.29. The molecule has 1 unspecified atom stereocenters. The first-order chi connectivity index (χ1) is 14.3. The second-order valence-electron chi connectivity index (χ2n) is 7.85. The number of piperidine rings is 1. The molecule has 1 fully saturated rings. The minimum Gasteiger partial charge on any atom is -0.326 e. The number of imide groups is 1. The Labute approximate surface area is 173 Å². The Morgan fingerprint density at radius 1 is 0.867 bits per heavy atom. The molecule has 2 aromatic carbocycles. The highest BCUT2D eigenvalue weighted by Crippen LogP contribution is 2.34. The number of benzene rings is 2. The van der Waals surface area contributed by atoms with Gasteiger partial charge in [-0.25, -0.2) is 8.42 Å². The molecule has 0 aromatic heterocycles. The van der Waals surface area contributed by atoms with Crippen LogP contribution in [0, 0.1) is 0 Å². The van der Waals surface area contributed by atoms with E-state index in [1.807, 2.05) is 18.2 Å². The van der Waals surface area contributed by atoms with Crippen LogP contribution in [-0.4, -0.2) is 30.4 Å². The van der Waals surface area contributed by atoms with Gasteiger partial charge in [0.05, 0.1) is 17.2 Å². The van der Waals surface area contributed by atoms with E-state index in [0.717, 1.165) is 16.7 Å². The molecule has 3 amide bonds. The highest BCUT2D eigenvalue weighted by Gasteiger charge is 2.34. The van der Waals surface area contributed by atoms with E-state index in [-0.39, 0.29) is 42.1 Å². The molecule has 9 heteroatoms. The van der Waals surface area contributed by atoms with Crippen LogP contribution in [0.3, 0.4) is 0 Å². The number of amides is 3. The largest absolute Gasteiger partial charge is 0.326 e. The summed E-state index contributed by atoms with van der Waals surface area (Å²) in [6.45, 7) is 0.467. The van der Waals surface area contributed by atoms with Crippen LogP contribution in [0.5, 0.6) is 0 Å². The molecule has 1 saturated heterocycles. The third-order valence-electron chi connectivity index (χ3n) is 5.90. The molecule has 154 valence electrons. The highest BCUT2D eigenvalue weighted by molar-refractivity contribution is 7.89. The molecule has 30 heavy (non-hydrogen) atoms. The van der Waals surface area contributed by atoms with Crippen molar-refractivity contribution < 1.29 is 22.8 Å². The van der Waals surface area contributed by atoms with Gasteiger partial charge >= 0.3 is 0 Å². The summed E-state index contributed by atoms with van der Waals surface area (Å²) in [5.74, 6) is -1.12. The third kappa shape index (κ3) is 3.10. The van der Waals surface area contributed by atoms with Gasteiger partial charge in [0.2, 0.25) is 27.7 Å². The summed E-state index contributed by atoms with van der Waals surface area (Å²) in [6.07, 6.45) is 0.922. The maximum absolute atomic E-state index is 13.2. The van der Waals surface area contributed by atoms with E-state index < -0.39 is 15.9 Å². The van der Waals surface area contributed by atoms with Crippen LogP contribution in [0.15, 0.2) is 41.3 Å². The van der Waals surface area contributed by atoms with E-state index in [2.05, 4.69) is 10.6 Å². The maximum Gasteiger partial charge on any atom is 0.243 e. The minimum atomic E-state index is -3.73. The van der Waals surface area contributed by atoms with E-state index in [1.165, 1.54) is 10.4 Å². The first kappa shape index (κ1) is 19.0. The molecule has 3 aliphatic heterocycles. The molecular formula is C21H19N3O5S. The standard InChI is InChI=1S/C21H19N3O5S/c25-19-6-4-17(21(27)23-19)12-1-2-13-10-24(11-15(13)7-12)30(28,29)16-3-5-18-14(8-16)9-20(26)22-18/h1-3,5,7-8,17H,4,6,9-11H2,(H,22,26)(H,23,25,27). The quantitative estimate of drug-likeness (QED) is 0.722. The third-order valence-corrected chi connectivity index (χ3v) is 7.69. The number of nitrogens with zero attached hydrogens (tertiary/aromatic N) is 1. The Bertz CT molecular complexity index is 1220. The van der Waals surface area contributed by atoms with Crippen molar-refractivity contribution in [3.8, 4) is 0 Å². The molecule has 5 rings (SSSR count). The van der Waals surface area contributed by atoms with Gasteiger partial charge in [0, 0.05) is 25.2 Å². The SMILES string of the molecule is O=C1CCC(c2ccc3c(c2)CN(S(=O)(=O)c2ccc4c(c2)CC(=O)N4)C3)C(=O)N1. The van der Waals surface area contributed by atoms with Crippen LogP contribution in [-0.2, 0) is 43.9 Å². The molecule has 2 N–H and O–H groups in total. The molecule has 0 spiro atoms. The van der Waals surface area contributed by atoms with Crippen LogP contribution < -0.4 is 10.6 Å². The lowest BCUT2D eigenvalue weighted by Gasteiger charge is -2.21. The summed E-state index contributed by atoms with van der Waals surface area (Å²) < 4.78 is 27.8. The Morgan fingerprint density at radius 2 is 1.67 bits per heavy atom. The van der Waals surface area contributed by atoms with Gasteiger partial charge in [0.1, 0.15) is 0 Å². The number of rotatable bonds is 3. The van der Waals surface area contributed by atoms with Gasteiger partial charge in [0.25, 0.3) is 0 Å². The smallest absolute Gasteiger partial charge is 0.243 e. The molecule has 0 radical (unpaired) electrons. The van der Waals surface area contributed by atoms with E-state index in [0.29, 0.717) is 24.1 Å². The molecule has 3 heterocycles. The first-order valence-electron chi connectivity index (χ1n) is 9.69. The van der Waals surface area contributed by atoms with Gasteiger partial charge in [-0.05, 0) is 46.9 Å². The predicted octanol–water partition coefficient (Wildman–Crippen LogP) is 1.41. The highest BCUT2D eigenvalue weighted by atomic mass is 32.2. The van der Waals surface area contributed by atoms with Crippen molar-refractivity contribution in [2.24, 2.45) is 0 Å². The van der Waals surface area contributed by atoms with Crippen molar-refractivity contribution in [2.75, 3.05) is 5.32 Å². The predicted molar refractivity (Wildman–Crippen MR) is 107 cm³/mol. The second-order valence-corrected chi connectivity index (χ2v) is 9.79. The number of carbonyl (C=O) groups is 3. The Balaban J connectivity index is 1.39. The summed E-state index contributed by atoms with van der Waals surface area (Å²) in [7, 11) is -3.73. The van der Waals surface area contributed by atoms with Crippen LogP contribution in [0.1, 0.15) is 41.0 Å². The van der Waals surface area contributed by atoms with Crippen molar-refractivity contribution in [2.45, 2.75) is 43.2 Å². The van der Waals surface area contributed by atoms with Crippen molar-refractivity contribution >= 4 is 33.4 Å². The first-order valence-corrected chi connectivity index (χ1v) is 11.1. The lowest BCUT2D eigenvalue weighted by Crippen LogP contribution is -2.39. The van der Waals surface area contributed by atoms with E-state index in [9.17, 15) is 22.8 Å². The fourth-order valence-corrected chi connectivity index (χ4v) is 5.74. The fourth-order valence-electron chi connectivity index (χ4n) is 4.30. The number of fused-ring (bicyclic) bond motifs is 2. The number of anilines is 1. The molecular weight excluding hydrogens is 406 g/mol. The second kappa shape index (κ2) is 6.75. The Morgan fingerprint density at radius 3 is 2.47 bits per heavy atom. The van der Waals surface area contributed by atoms with Crippen molar-refractivity contribution in [1.29, 1.82) is 0 Å². The van der Waals surface area contributed by atoms with E-state index in [1.54, 1.807) is 12.1 Å². The van der Waals surface area contributed by atoms with Gasteiger partial charge in [0.15, 0.2) is 0 Å². The number of nitrogens with one attached hydrogen (secondary N) is 2.